The summed E-state index contributed by atoms with van der Waals surface area (Å²) in [5, 5.41) is 20.9. The Balaban J connectivity index is 2.60. The van der Waals surface area contributed by atoms with Crippen LogP contribution in [0.25, 0.3) is 17.2 Å². The molecule has 2 unspecified atom stereocenters. The number of benzene rings is 1. The maximum Gasteiger partial charge on any atom is 0.137 e. The summed E-state index contributed by atoms with van der Waals surface area (Å²) in [6, 6.07) is 6.35. The third-order valence-corrected chi connectivity index (χ3v) is 5.99. The van der Waals surface area contributed by atoms with Gasteiger partial charge in [-0.1, -0.05) is 65.8 Å². The van der Waals surface area contributed by atoms with E-state index in [-0.39, 0.29) is 42.2 Å². The molecule has 192 valence electrons. The van der Waals surface area contributed by atoms with Crippen molar-refractivity contribution in [3.8, 4) is 11.1 Å². The van der Waals surface area contributed by atoms with Gasteiger partial charge < -0.3 is 14.9 Å². The lowest BCUT2D eigenvalue weighted by molar-refractivity contribution is -0.124. The van der Waals surface area contributed by atoms with Gasteiger partial charge in [0.15, 0.2) is 0 Å². The maximum absolute atomic E-state index is 13.8. The number of halogens is 1. The summed E-state index contributed by atoms with van der Waals surface area (Å²) in [5.74, 6) is -0.272. The number of aliphatic hydroxyl groups excluding tert-OH is 2. The van der Waals surface area contributed by atoms with E-state index in [0.717, 1.165) is 33.6 Å². The smallest absolute Gasteiger partial charge is 0.137 e. The number of methoxy groups -OCH3 is 1. The summed E-state index contributed by atoms with van der Waals surface area (Å²) in [6.07, 6.45) is 1.66. The van der Waals surface area contributed by atoms with E-state index < -0.39 is 12.2 Å². The molecule has 0 aliphatic rings. The summed E-state index contributed by atoms with van der Waals surface area (Å²) < 4.78 is 19.3. The van der Waals surface area contributed by atoms with Crippen molar-refractivity contribution in [3.05, 3.63) is 58.7 Å². The lowest BCUT2D eigenvalue weighted by Gasteiger charge is -2.23. The number of hydrogen-bond acceptors (Lipinski definition) is 5. The number of aromatic nitrogens is 1. The molecule has 1 aromatic carbocycles. The average Bonchev–Trinajstić information content (AvgIpc) is 2.77. The van der Waals surface area contributed by atoms with Crippen LogP contribution in [-0.2, 0) is 16.1 Å². The van der Waals surface area contributed by atoms with E-state index in [0.29, 0.717) is 6.61 Å². The molecule has 5 nitrogen and oxygen atoms in total. The Bertz CT molecular complexity index is 1010. The summed E-state index contributed by atoms with van der Waals surface area (Å²) >= 11 is 0. The van der Waals surface area contributed by atoms with Gasteiger partial charge in [-0.3, -0.25) is 9.78 Å². The van der Waals surface area contributed by atoms with Crippen molar-refractivity contribution in [1.82, 2.24) is 4.98 Å². The van der Waals surface area contributed by atoms with Crippen LogP contribution in [0.15, 0.2) is 30.3 Å². The first-order chi connectivity index (χ1) is 16.5. The third kappa shape index (κ3) is 7.79. The first-order valence-electron chi connectivity index (χ1n) is 12.3. The zero-order chi connectivity index (χ0) is 26.3. The van der Waals surface area contributed by atoms with E-state index in [1.165, 1.54) is 12.1 Å². The molecule has 0 saturated carbocycles. The highest BCUT2D eigenvalue weighted by Gasteiger charge is 2.23. The van der Waals surface area contributed by atoms with Gasteiger partial charge >= 0.3 is 0 Å². The normalized spacial score (nSPS) is 13.9. The monoisotopic (exact) mass is 485 g/mol. The molecule has 0 aliphatic heterocycles. The Hall–Kier alpha value is -2.41. The van der Waals surface area contributed by atoms with E-state index in [1.807, 2.05) is 6.08 Å². The van der Waals surface area contributed by atoms with Gasteiger partial charge in [0.1, 0.15) is 11.6 Å². The number of ketones is 1. The highest BCUT2D eigenvalue weighted by atomic mass is 19.1. The number of carbonyl (C=O) groups is 1. The Morgan fingerprint density at radius 1 is 1.03 bits per heavy atom. The van der Waals surface area contributed by atoms with Crippen molar-refractivity contribution in [2.24, 2.45) is 5.92 Å². The zero-order valence-corrected chi connectivity index (χ0v) is 22.0. The average molecular weight is 486 g/mol. The molecule has 0 bridgehead atoms. The van der Waals surface area contributed by atoms with Gasteiger partial charge in [-0.15, -0.1) is 0 Å². The number of hydrogen-bond donors (Lipinski definition) is 2. The van der Waals surface area contributed by atoms with E-state index >= 15 is 0 Å². The zero-order valence-electron chi connectivity index (χ0n) is 22.0. The summed E-state index contributed by atoms with van der Waals surface area (Å²) in [7, 11) is 1.63. The second kappa shape index (κ2) is 13.1. The third-order valence-electron chi connectivity index (χ3n) is 5.99. The molecule has 0 radical (unpaired) electrons. The van der Waals surface area contributed by atoms with Crippen molar-refractivity contribution in [3.63, 3.8) is 0 Å². The molecule has 0 aliphatic carbocycles. The number of nitrogens with zero attached hydrogens (tertiary/aromatic N) is 1. The fourth-order valence-electron chi connectivity index (χ4n) is 4.12. The van der Waals surface area contributed by atoms with Gasteiger partial charge in [-0.05, 0) is 35.1 Å². The fraction of sp³-hybridized carbons (Fsp3) is 0.517. The number of carbonyl (C=O) groups excluding carboxylic acids is 1. The van der Waals surface area contributed by atoms with Crippen molar-refractivity contribution in [1.29, 1.82) is 0 Å². The Morgan fingerprint density at radius 3 is 2.14 bits per heavy atom. The molecule has 0 spiro atoms. The molecule has 0 fully saturated rings. The second-order valence-electron chi connectivity index (χ2n) is 10.0. The molecule has 2 aromatic rings. The van der Waals surface area contributed by atoms with Crippen LogP contribution >= 0.6 is 0 Å². The molecular formula is C29H40FNO4. The van der Waals surface area contributed by atoms with Gasteiger partial charge in [0, 0.05) is 42.7 Å². The van der Waals surface area contributed by atoms with Crippen LogP contribution in [0.3, 0.4) is 0 Å². The van der Waals surface area contributed by atoms with E-state index in [4.69, 9.17) is 9.72 Å². The van der Waals surface area contributed by atoms with Crippen LogP contribution in [0.5, 0.6) is 0 Å². The van der Waals surface area contributed by atoms with Crippen molar-refractivity contribution >= 4 is 11.9 Å². The summed E-state index contributed by atoms with van der Waals surface area (Å²) in [4.78, 5) is 16.9. The van der Waals surface area contributed by atoms with Crippen LogP contribution < -0.4 is 0 Å². The van der Waals surface area contributed by atoms with Crippen LogP contribution in [-0.4, -0.2) is 40.3 Å². The lowest BCUT2D eigenvalue weighted by Crippen LogP contribution is -2.21. The largest absolute Gasteiger partial charge is 0.393 e. The highest BCUT2D eigenvalue weighted by molar-refractivity contribution is 5.81. The van der Waals surface area contributed by atoms with Crippen molar-refractivity contribution in [2.75, 3.05) is 7.11 Å². The first kappa shape index (κ1) is 28.8. The van der Waals surface area contributed by atoms with Gasteiger partial charge in [-0.25, -0.2) is 4.39 Å². The second-order valence-corrected chi connectivity index (χ2v) is 10.0. The van der Waals surface area contributed by atoms with Crippen molar-refractivity contribution in [2.45, 2.75) is 85.0 Å². The molecule has 1 aromatic heterocycles. The Kier molecular flexibility index (Phi) is 10.7. The topological polar surface area (TPSA) is 79.7 Å². The van der Waals surface area contributed by atoms with Crippen LogP contribution in [0.1, 0.15) is 88.7 Å². The molecular weight excluding hydrogens is 445 g/mol. The first-order valence-corrected chi connectivity index (χ1v) is 12.3. The predicted molar refractivity (Wildman–Crippen MR) is 139 cm³/mol. The number of pyridine rings is 1. The lowest BCUT2D eigenvalue weighted by atomic mass is 9.87. The maximum atomic E-state index is 13.8. The fourth-order valence-corrected chi connectivity index (χ4v) is 4.12. The van der Waals surface area contributed by atoms with Gasteiger partial charge in [0.05, 0.1) is 24.5 Å². The van der Waals surface area contributed by atoms with E-state index in [9.17, 15) is 19.4 Å². The SMILES string of the molecule is COCc1c(C(C)C)nc(C(C)C)c(/C=C/C(O)CC(O)CC(=O)C(C)C)c1-c1ccc(F)cc1. The van der Waals surface area contributed by atoms with E-state index in [1.54, 1.807) is 39.2 Å². The summed E-state index contributed by atoms with van der Waals surface area (Å²) in [5.41, 5.74) is 5.28. The molecule has 0 saturated heterocycles. The number of ether oxygens (including phenoxy) is 1. The molecule has 2 atom stereocenters. The number of aliphatic hydroxyl groups is 2. The minimum Gasteiger partial charge on any atom is -0.393 e. The molecule has 35 heavy (non-hydrogen) atoms. The minimum atomic E-state index is -0.943. The van der Waals surface area contributed by atoms with Crippen LogP contribution in [0, 0.1) is 11.7 Å². The molecule has 6 heteroatoms. The quantitative estimate of drug-likeness (QED) is 0.384. The minimum absolute atomic E-state index is 0.0171. The summed E-state index contributed by atoms with van der Waals surface area (Å²) in [6.45, 7) is 12.2. The van der Waals surface area contributed by atoms with Crippen molar-refractivity contribution < 1.29 is 24.1 Å². The number of rotatable bonds is 12. The van der Waals surface area contributed by atoms with Gasteiger partial charge in [0.2, 0.25) is 0 Å². The Labute approximate surface area is 209 Å². The molecule has 2 N–H and O–H groups in total. The van der Waals surface area contributed by atoms with Crippen LogP contribution in [0.2, 0.25) is 0 Å². The van der Waals surface area contributed by atoms with Crippen LogP contribution in [0.4, 0.5) is 4.39 Å². The Morgan fingerprint density at radius 2 is 1.63 bits per heavy atom. The standard InChI is InChI=1S/C29H40FNO4/c1-17(2)26(34)15-23(33)14-22(32)12-13-24-27(20-8-10-21(30)11-9-20)25(16-35-7)29(19(5)6)31-28(24)18(3)4/h8-13,17-19,22-23,32-33H,14-16H2,1-7H3/b13-12+. The predicted octanol–water partition coefficient (Wildman–Crippen LogP) is 6.02. The molecule has 0 amide bonds. The number of Topliss-reactive ketones (excluding diaryl/α,β-unsaturated/α-hetero) is 1. The van der Waals surface area contributed by atoms with E-state index in [2.05, 4.69) is 27.7 Å². The molecule has 1 heterocycles. The highest BCUT2D eigenvalue weighted by Crippen LogP contribution is 2.38. The van der Waals surface area contributed by atoms with Gasteiger partial charge in [-0.2, -0.15) is 0 Å². The van der Waals surface area contributed by atoms with Gasteiger partial charge in [0.25, 0.3) is 0 Å². The molecule has 2 rings (SSSR count).